The van der Waals surface area contributed by atoms with Crippen molar-refractivity contribution in [3.63, 3.8) is 0 Å². The van der Waals surface area contributed by atoms with Crippen LogP contribution in [0.2, 0.25) is 0 Å². The summed E-state index contributed by atoms with van der Waals surface area (Å²) in [6.07, 6.45) is 1.68. The van der Waals surface area contributed by atoms with E-state index in [4.69, 9.17) is 0 Å². The van der Waals surface area contributed by atoms with Gasteiger partial charge in [0.05, 0.1) is 17.6 Å². The Hall–Kier alpha value is -2.54. The number of nitrogens with one attached hydrogen (secondary N) is 1. The van der Waals surface area contributed by atoms with E-state index in [1.807, 2.05) is 32.0 Å². The van der Waals surface area contributed by atoms with Crippen LogP contribution in [0.25, 0.3) is 0 Å². The Bertz CT molecular complexity index is 819. The third kappa shape index (κ3) is 4.73. The van der Waals surface area contributed by atoms with Crippen molar-refractivity contribution in [2.45, 2.75) is 20.3 Å². The Morgan fingerprint density at radius 3 is 2.67 bits per heavy atom. The summed E-state index contributed by atoms with van der Waals surface area (Å²) in [5, 5.41) is 14.6. The molecule has 6 nitrogen and oxygen atoms in total. The first kappa shape index (κ1) is 17.8. The average Bonchev–Trinajstić information content (AvgIpc) is 2.51. The fourth-order valence-electron chi connectivity index (χ4n) is 2.16. The second-order valence-electron chi connectivity index (χ2n) is 5.36. The monoisotopic (exact) mass is 389 g/mol. The third-order valence-electron chi connectivity index (χ3n) is 3.44. The quantitative estimate of drug-likeness (QED) is 0.480. The van der Waals surface area contributed by atoms with E-state index < -0.39 is 4.92 Å². The lowest BCUT2D eigenvalue weighted by Crippen LogP contribution is -2.20. The molecule has 0 aliphatic heterocycles. The summed E-state index contributed by atoms with van der Waals surface area (Å²) >= 11 is 3.24. The lowest BCUT2D eigenvalue weighted by atomic mass is 10.0. The highest BCUT2D eigenvalue weighted by atomic mass is 79.9. The van der Waals surface area contributed by atoms with Gasteiger partial charge in [-0.15, -0.1) is 0 Å². The van der Waals surface area contributed by atoms with Crippen LogP contribution in [-0.2, 0) is 11.2 Å². The molecule has 0 fully saturated rings. The van der Waals surface area contributed by atoms with Gasteiger partial charge in [0.15, 0.2) is 0 Å². The highest BCUT2D eigenvalue weighted by Gasteiger charge is 2.08. The molecule has 2 rings (SSSR count). The van der Waals surface area contributed by atoms with Gasteiger partial charge in [0, 0.05) is 22.2 Å². The number of hydrogen-bond donors (Lipinski definition) is 1. The Kier molecular flexibility index (Phi) is 5.81. The molecular weight excluding hydrogens is 374 g/mol. The van der Waals surface area contributed by atoms with Crippen LogP contribution >= 0.6 is 15.9 Å². The van der Waals surface area contributed by atoms with E-state index in [1.54, 1.807) is 6.07 Å². The van der Waals surface area contributed by atoms with Crippen molar-refractivity contribution in [3.8, 4) is 0 Å². The van der Waals surface area contributed by atoms with Crippen molar-refractivity contribution in [1.29, 1.82) is 0 Å². The molecule has 0 radical (unpaired) electrons. The first-order chi connectivity index (χ1) is 11.4. The molecule has 0 aliphatic rings. The van der Waals surface area contributed by atoms with Crippen molar-refractivity contribution in [2.24, 2.45) is 5.10 Å². The van der Waals surface area contributed by atoms with Crippen LogP contribution in [0, 0.1) is 24.0 Å². The van der Waals surface area contributed by atoms with Crippen molar-refractivity contribution < 1.29 is 9.72 Å². The largest absolute Gasteiger partial charge is 0.273 e. The standard InChI is InChI=1S/C17H16BrN3O3/c1-11-3-4-13(12(2)7-11)8-17(22)20-19-10-14-5-6-15(21(23)24)9-16(14)18/h3-7,9-10H,8H2,1-2H3,(H,20,22)/b19-10+. The minimum atomic E-state index is -0.475. The number of aryl methyl sites for hydroxylation is 2. The predicted octanol–water partition coefficient (Wildman–Crippen LogP) is 3.67. The number of hydrogen-bond acceptors (Lipinski definition) is 4. The number of carbonyl (C=O) groups is 1. The zero-order chi connectivity index (χ0) is 17.7. The van der Waals surface area contributed by atoms with Gasteiger partial charge in [0.2, 0.25) is 5.91 Å². The summed E-state index contributed by atoms with van der Waals surface area (Å²) in [6.45, 7) is 3.97. The van der Waals surface area contributed by atoms with Gasteiger partial charge in [0.1, 0.15) is 0 Å². The average molecular weight is 390 g/mol. The minimum absolute atomic E-state index is 0.0158. The first-order valence-electron chi connectivity index (χ1n) is 7.19. The van der Waals surface area contributed by atoms with Crippen molar-refractivity contribution in [1.82, 2.24) is 5.43 Å². The molecule has 0 bridgehead atoms. The fourth-order valence-corrected chi connectivity index (χ4v) is 2.63. The van der Waals surface area contributed by atoms with E-state index in [1.165, 1.54) is 18.3 Å². The maximum Gasteiger partial charge on any atom is 0.270 e. The van der Waals surface area contributed by atoms with E-state index in [9.17, 15) is 14.9 Å². The number of carbonyl (C=O) groups excluding carboxylic acids is 1. The van der Waals surface area contributed by atoms with E-state index in [0.717, 1.165) is 16.7 Å². The Morgan fingerprint density at radius 2 is 2.04 bits per heavy atom. The number of nitro groups is 1. The lowest BCUT2D eigenvalue weighted by Gasteiger charge is -2.05. The number of rotatable bonds is 5. The molecule has 7 heteroatoms. The van der Waals surface area contributed by atoms with Crippen molar-refractivity contribution >= 4 is 33.7 Å². The van der Waals surface area contributed by atoms with Crippen LogP contribution in [0.3, 0.4) is 0 Å². The van der Waals surface area contributed by atoms with Gasteiger partial charge in [-0.3, -0.25) is 14.9 Å². The van der Waals surface area contributed by atoms with Crippen molar-refractivity contribution in [3.05, 3.63) is 73.2 Å². The molecule has 1 amide bonds. The molecular formula is C17H16BrN3O3. The molecule has 0 heterocycles. The van der Waals surface area contributed by atoms with E-state index in [2.05, 4.69) is 26.5 Å². The van der Waals surface area contributed by atoms with Gasteiger partial charge < -0.3 is 0 Å². The summed E-state index contributed by atoms with van der Waals surface area (Å²) in [5.41, 5.74) is 6.24. The number of hydrazone groups is 1. The molecule has 1 N–H and O–H groups in total. The second kappa shape index (κ2) is 7.83. The fraction of sp³-hybridized carbons (Fsp3) is 0.176. The Morgan fingerprint density at radius 1 is 1.29 bits per heavy atom. The normalized spacial score (nSPS) is 10.8. The highest BCUT2D eigenvalue weighted by molar-refractivity contribution is 9.10. The molecule has 24 heavy (non-hydrogen) atoms. The molecule has 124 valence electrons. The number of nitrogens with zero attached hydrogens (tertiary/aromatic N) is 2. The van der Waals surface area contributed by atoms with E-state index in [0.29, 0.717) is 10.0 Å². The highest BCUT2D eigenvalue weighted by Crippen LogP contribution is 2.21. The Balaban J connectivity index is 1.98. The molecule has 0 saturated heterocycles. The molecule has 2 aromatic rings. The smallest absolute Gasteiger partial charge is 0.270 e. The molecule has 0 unspecified atom stereocenters. The summed E-state index contributed by atoms with van der Waals surface area (Å²) in [4.78, 5) is 22.2. The van der Waals surface area contributed by atoms with Crippen LogP contribution in [-0.4, -0.2) is 17.0 Å². The number of amides is 1. The summed E-state index contributed by atoms with van der Waals surface area (Å²) in [7, 11) is 0. The van der Waals surface area contributed by atoms with Gasteiger partial charge in [-0.2, -0.15) is 5.10 Å². The zero-order valence-electron chi connectivity index (χ0n) is 13.2. The third-order valence-corrected chi connectivity index (χ3v) is 4.12. The molecule has 2 aromatic carbocycles. The molecule has 0 atom stereocenters. The van der Waals surface area contributed by atoms with Crippen LogP contribution in [0.4, 0.5) is 5.69 Å². The molecule has 0 spiro atoms. The maximum atomic E-state index is 11.9. The summed E-state index contributed by atoms with van der Waals surface area (Å²) < 4.78 is 0.532. The molecule has 0 aliphatic carbocycles. The van der Waals surface area contributed by atoms with Crippen molar-refractivity contribution in [2.75, 3.05) is 0 Å². The predicted molar refractivity (Wildman–Crippen MR) is 96.2 cm³/mol. The number of nitro benzene ring substituents is 1. The van der Waals surface area contributed by atoms with Crippen LogP contribution < -0.4 is 5.43 Å². The summed E-state index contributed by atoms with van der Waals surface area (Å²) in [5.74, 6) is -0.226. The number of non-ortho nitro benzene ring substituents is 1. The topological polar surface area (TPSA) is 84.6 Å². The SMILES string of the molecule is Cc1ccc(CC(=O)N/N=C/c2ccc([N+](=O)[O-])cc2Br)c(C)c1. The van der Waals surface area contributed by atoms with Gasteiger partial charge in [-0.05, 0) is 47.0 Å². The number of benzene rings is 2. The molecule has 0 saturated carbocycles. The Labute approximate surface area is 147 Å². The van der Waals surface area contributed by atoms with Crippen LogP contribution in [0.1, 0.15) is 22.3 Å². The second-order valence-corrected chi connectivity index (χ2v) is 6.22. The summed E-state index contributed by atoms with van der Waals surface area (Å²) in [6, 6.07) is 10.2. The van der Waals surface area contributed by atoms with Gasteiger partial charge in [0.25, 0.3) is 5.69 Å². The van der Waals surface area contributed by atoms with Gasteiger partial charge in [-0.25, -0.2) is 5.43 Å². The number of halogens is 1. The van der Waals surface area contributed by atoms with Crippen LogP contribution in [0.15, 0.2) is 46.0 Å². The van der Waals surface area contributed by atoms with Gasteiger partial charge >= 0.3 is 0 Å². The van der Waals surface area contributed by atoms with Crippen LogP contribution in [0.5, 0.6) is 0 Å². The van der Waals surface area contributed by atoms with E-state index in [-0.39, 0.29) is 18.0 Å². The van der Waals surface area contributed by atoms with Gasteiger partial charge in [-0.1, -0.05) is 23.8 Å². The maximum absolute atomic E-state index is 11.9. The van der Waals surface area contributed by atoms with E-state index >= 15 is 0 Å². The minimum Gasteiger partial charge on any atom is -0.273 e. The molecule has 0 aromatic heterocycles. The first-order valence-corrected chi connectivity index (χ1v) is 7.98. The zero-order valence-corrected chi connectivity index (χ0v) is 14.8. The lowest BCUT2D eigenvalue weighted by molar-refractivity contribution is -0.384.